The predicted octanol–water partition coefficient (Wildman–Crippen LogP) is 2.61. The molecule has 1 aliphatic carbocycles. The van der Waals surface area contributed by atoms with Crippen molar-refractivity contribution in [1.82, 2.24) is 4.31 Å². The lowest BCUT2D eigenvalue weighted by Crippen LogP contribution is -2.42. The minimum Gasteiger partial charge on any atom is -0.398 e. The summed E-state index contributed by atoms with van der Waals surface area (Å²) in [6.07, 6.45) is 3.06. The predicted molar refractivity (Wildman–Crippen MR) is 86.8 cm³/mol. The van der Waals surface area contributed by atoms with Crippen LogP contribution in [0, 0.1) is 0 Å². The fourth-order valence-electron chi connectivity index (χ4n) is 2.63. The van der Waals surface area contributed by atoms with Crippen molar-refractivity contribution in [3.05, 3.63) is 21.6 Å². The van der Waals surface area contributed by atoms with Crippen molar-refractivity contribution in [3.8, 4) is 0 Å². The molecule has 1 aromatic rings. The maximum atomic E-state index is 12.7. The van der Waals surface area contributed by atoms with E-state index in [1.807, 2.05) is 0 Å². The molecule has 1 fully saturated rings. The number of hydrogen-bond donors (Lipinski definition) is 2. The van der Waals surface area contributed by atoms with Gasteiger partial charge in [-0.25, -0.2) is 8.42 Å². The van der Waals surface area contributed by atoms with Crippen LogP contribution in [-0.2, 0) is 10.0 Å². The lowest BCUT2D eigenvalue weighted by atomic mass is 10.0. The molecule has 8 heteroatoms. The van der Waals surface area contributed by atoms with Gasteiger partial charge in [0, 0.05) is 24.3 Å². The van der Waals surface area contributed by atoms with Crippen LogP contribution in [0.1, 0.15) is 25.7 Å². The second-order valence-electron chi connectivity index (χ2n) is 5.50. The first kappa shape index (κ1) is 17.0. The van der Waals surface area contributed by atoms with E-state index >= 15 is 0 Å². The average Bonchev–Trinajstić information content (AvgIpc) is 2.80. The van der Waals surface area contributed by atoms with Crippen molar-refractivity contribution in [2.45, 2.75) is 36.2 Å². The van der Waals surface area contributed by atoms with E-state index in [-0.39, 0.29) is 26.6 Å². The van der Waals surface area contributed by atoms with Gasteiger partial charge in [-0.15, -0.1) is 0 Å². The number of anilines is 1. The van der Waals surface area contributed by atoms with E-state index in [1.54, 1.807) is 0 Å². The zero-order chi connectivity index (χ0) is 15.8. The number of halogens is 2. The van der Waals surface area contributed by atoms with Gasteiger partial charge in [0.05, 0.1) is 15.0 Å². The van der Waals surface area contributed by atoms with Gasteiger partial charge in [0.2, 0.25) is 10.0 Å². The van der Waals surface area contributed by atoms with Crippen molar-refractivity contribution < 1.29 is 13.5 Å². The SMILES string of the molecule is CN(CC1(O)CCCC1)S(=O)(=O)c1cc(Cl)cc(N)c1Br. The zero-order valence-electron chi connectivity index (χ0n) is 11.6. The Kier molecular flexibility index (Phi) is 4.90. The summed E-state index contributed by atoms with van der Waals surface area (Å²) in [5.41, 5.74) is 5.06. The highest BCUT2D eigenvalue weighted by atomic mass is 79.9. The molecule has 0 unspecified atom stereocenters. The molecule has 1 aromatic carbocycles. The molecule has 0 heterocycles. The first-order valence-corrected chi connectivity index (χ1v) is 9.20. The normalized spacial score (nSPS) is 18.3. The van der Waals surface area contributed by atoms with Crippen molar-refractivity contribution in [1.29, 1.82) is 0 Å². The van der Waals surface area contributed by atoms with Gasteiger partial charge < -0.3 is 10.8 Å². The number of nitrogens with two attached hydrogens (primary N) is 1. The van der Waals surface area contributed by atoms with Crippen LogP contribution in [0.3, 0.4) is 0 Å². The Bertz CT molecular complexity index is 645. The van der Waals surface area contributed by atoms with Gasteiger partial charge in [0.25, 0.3) is 0 Å². The van der Waals surface area contributed by atoms with Gasteiger partial charge in [-0.2, -0.15) is 4.31 Å². The largest absolute Gasteiger partial charge is 0.398 e. The molecule has 118 valence electrons. The van der Waals surface area contributed by atoms with Crippen LogP contribution in [0.4, 0.5) is 5.69 Å². The van der Waals surface area contributed by atoms with Gasteiger partial charge >= 0.3 is 0 Å². The summed E-state index contributed by atoms with van der Waals surface area (Å²) in [5, 5.41) is 10.6. The lowest BCUT2D eigenvalue weighted by molar-refractivity contribution is 0.0333. The summed E-state index contributed by atoms with van der Waals surface area (Å²) in [7, 11) is -2.32. The fourth-order valence-corrected chi connectivity index (χ4v) is 5.13. The maximum Gasteiger partial charge on any atom is 0.244 e. The molecule has 5 nitrogen and oxygen atoms in total. The van der Waals surface area contributed by atoms with Crippen molar-refractivity contribution in [3.63, 3.8) is 0 Å². The van der Waals surface area contributed by atoms with E-state index < -0.39 is 15.6 Å². The van der Waals surface area contributed by atoms with E-state index in [4.69, 9.17) is 17.3 Å². The molecule has 1 aliphatic rings. The Balaban J connectivity index is 2.33. The van der Waals surface area contributed by atoms with Gasteiger partial charge in [0.1, 0.15) is 0 Å². The lowest BCUT2D eigenvalue weighted by Gasteiger charge is -2.28. The second-order valence-corrected chi connectivity index (χ2v) is 8.74. The highest BCUT2D eigenvalue weighted by Crippen LogP contribution is 2.35. The number of sulfonamides is 1. The average molecular weight is 398 g/mol. The molecule has 3 N–H and O–H groups in total. The minimum absolute atomic E-state index is 0.0107. The van der Waals surface area contributed by atoms with Gasteiger partial charge in [-0.3, -0.25) is 0 Å². The summed E-state index contributed by atoms with van der Waals surface area (Å²) in [6, 6.07) is 2.84. The van der Waals surface area contributed by atoms with E-state index in [9.17, 15) is 13.5 Å². The topological polar surface area (TPSA) is 83.6 Å². The minimum atomic E-state index is -3.78. The van der Waals surface area contributed by atoms with Crippen LogP contribution < -0.4 is 5.73 Å². The van der Waals surface area contributed by atoms with Crippen LogP contribution in [0.5, 0.6) is 0 Å². The van der Waals surface area contributed by atoms with E-state index in [0.29, 0.717) is 12.8 Å². The first-order valence-electron chi connectivity index (χ1n) is 6.59. The molecule has 0 bridgehead atoms. The molecule has 0 radical (unpaired) electrons. The van der Waals surface area contributed by atoms with E-state index in [1.165, 1.54) is 19.2 Å². The Hall–Kier alpha value is -0.340. The van der Waals surface area contributed by atoms with Crippen molar-refractivity contribution in [2.75, 3.05) is 19.3 Å². The van der Waals surface area contributed by atoms with Gasteiger partial charge in [-0.05, 0) is 40.9 Å². The van der Waals surface area contributed by atoms with Crippen LogP contribution in [0.25, 0.3) is 0 Å². The van der Waals surface area contributed by atoms with Crippen LogP contribution in [-0.4, -0.2) is 37.0 Å². The van der Waals surface area contributed by atoms with E-state index in [2.05, 4.69) is 15.9 Å². The summed E-state index contributed by atoms with van der Waals surface area (Å²) in [6.45, 7) is 0.0637. The van der Waals surface area contributed by atoms with Crippen molar-refractivity contribution in [2.24, 2.45) is 0 Å². The fraction of sp³-hybridized carbons (Fsp3) is 0.538. The third-order valence-corrected chi connectivity index (χ3v) is 6.96. The molecule has 1 saturated carbocycles. The number of likely N-dealkylation sites (N-methyl/N-ethyl adjacent to an activating group) is 1. The molecular formula is C13H18BrClN2O3S. The molecule has 21 heavy (non-hydrogen) atoms. The first-order chi connectivity index (χ1) is 9.66. The monoisotopic (exact) mass is 396 g/mol. The van der Waals surface area contributed by atoms with Crippen LogP contribution in [0.2, 0.25) is 5.02 Å². The van der Waals surface area contributed by atoms with Crippen LogP contribution in [0.15, 0.2) is 21.5 Å². The quantitative estimate of drug-likeness (QED) is 0.765. The third kappa shape index (κ3) is 3.53. The van der Waals surface area contributed by atoms with Gasteiger partial charge in [0.15, 0.2) is 0 Å². The molecule has 0 spiro atoms. The number of nitrogen functional groups attached to an aromatic ring is 1. The molecule has 0 saturated heterocycles. The molecule has 0 aliphatic heterocycles. The Morgan fingerprint density at radius 1 is 1.43 bits per heavy atom. The number of hydrogen-bond acceptors (Lipinski definition) is 4. The molecule has 2 rings (SSSR count). The Morgan fingerprint density at radius 3 is 2.57 bits per heavy atom. The summed E-state index contributed by atoms with van der Waals surface area (Å²) in [4.78, 5) is 0.0107. The standard InChI is InChI=1S/C13H18BrClN2O3S/c1-17(8-13(18)4-2-3-5-13)21(19,20)11-7-9(15)6-10(16)12(11)14/h6-7,18H,2-5,8,16H2,1H3. The summed E-state index contributed by atoms with van der Waals surface area (Å²) in [5.74, 6) is 0. The van der Waals surface area contributed by atoms with E-state index in [0.717, 1.165) is 17.1 Å². The number of nitrogens with zero attached hydrogens (tertiary/aromatic N) is 1. The number of rotatable bonds is 4. The molecular weight excluding hydrogens is 380 g/mol. The van der Waals surface area contributed by atoms with Crippen molar-refractivity contribution >= 4 is 43.2 Å². The molecule has 0 atom stereocenters. The summed E-state index contributed by atoms with van der Waals surface area (Å²) < 4.78 is 26.8. The Labute approximate surface area is 138 Å². The highest BCUT2D eigenvalue weighted by Gasteiger charge is 2.36. The number of benzene rings is 1. The number of aliphatic hydroxyl groups is 1. The Morgan fingerprint density at radius 2 is 2.00 bits per heavy atom. The highest BCUT2D eigenvalue weighted by molar-refractivity contribution is 9.10. The summed E-state index contributed by atoms with van der Waals surface area (Å²) >= 11 is 9.09. The van der Waals surface area contributed by atoms with Crippen LogP contribution >= 0.6 is 27.5 Å². The smallest absolute Gasteiger partial charge is 0.244 e. The third-order valence-electron chi connectivity index (χ3n) is 3.77. The van der Waals surface area contributed by atoms with Gasteiger partial charge in [-0.1, -0.05) is 24.4 Å². The maximum absolute atomic E-state index is 12.7. The zero-order valence-corrected chi connectivity index (χ0v) is 14.8. The second kappa shape index (κ2) is 6.04. The molecule has 0 amide bonds. The molecule has 0 aromatic heterocycles.